The lowest BCUT2D eigenvalue weighted by molar-refractivity contribution is -0.150. The molecule has 0 rings (SSSR count). The van der Waals surface area contributed by atoms with Crippen LogP contribution in [0.3, 0.4) is 0 Å². The number of carboxylic acid groups (broad SMARTS) is 1. The SMILES string of the molecule is CCCCCCCCCCCCCCCCCC(CCCCCCCC(=O)NCC(=O)O)OC(=O)CCCCCCCCCCCCCC. The van der Waals surface area contributed by atoms with Crippen molar-refractivity contribution in [3.63, 3.8) is 0 Å². The molecule has 0 bridgehead atoms. The van der Waals surface area contributed by atoms with Crippen LogP contribution in [0, 0.1) is 0 Å². The molecular weight excluding hydrogens is 610 g/mol. The number of carbonyl (C=O) groups is 3. The summed E-state index contributed by atoms with van der Waals surface area (Å²) in [5.41, 5.74) is 0. The molecule has 0 saturated heterocycles. The van der Waals surface area contributed by atoms with Crippen LogP contribution < -0.4 is 5.32 Å². The summed E-state index contributed by atoms with van der Waals surface area (Å²) in [5, 5.41) is 11.1. The molecule has 0 aromatic carbocycles. The molecule has 1 amide bonds. The third-order valence-corrected chi connectivity index (χ3v) is 10.0. The highest BCUT2D eigenvalue weighted by atomic mass is 16.5. The summed E-state index contributed by atoms with van der Waals surface area (Å²) in [4.78, 5) is 35.0. The smallest absolute Gasteiger partial charge is 0.322 e. The van der Waals surface area contributed by atoms with Crippen molar-refractivity contribution in [1.29, 1.82) is 0 Å². The normalized spacial score (nSPS) is 11.9. The first-order valence-electron chi connectivity index (χ1n) is 21.7. The summed E-state index contributed by atoms with van der Waals surface area (Å²) in [6.07, 6.45) is 43.7. The predicted molar refractivity (Wildman–Crippen MR) is 208 cm³/mol. The van der Waals surface area contributed by atoms with E-state index in [-0.39, 0.29) is 24.5 Å². The van der Waals surface area contributed by atoms with Crippen LogP contribution in [-0.4, -0.2) is 35.6 Å². The Hall–Kier alpha value is -1.59. The van der Waals surface area contributed by atoms with Crippen LogP contribution in [0.25, 0.3) is 0 Å². The van der Waals surface area contributed by atoms with Crippen molar-refractivity contribution < 1.29 is 24.2 Å². The van der Waals surface area contributed by atoms with Gasteiger partial charge in [0.25, 0.3) is 0 Å². The molecule has 49 heavy (non-hydrogen) atoms. The fraction of sp³-hybridized carbons (Fsp3) is 0.930. The maximum Gasteiger partial charge on any atom is 0.322 e. The van der Waals surface area contributed by atoms with Gasteiger partial charge in [-0.1, -0.05) is 194 Å². The van der Waals surface area contributed by atoms with Crippen LogP contribution in [0.2, 0.25) is 0 Å². The van der Waals surface area contributed by atoms with Gasteiger partial charge in [-0.3, -0.25) is 14.4 Å². The second-order valence-corrected chi connectivity index (χ2v) is 15.0. The van der Waals surface area contributed by atoms with Crippen molar-refractivity contribution in [3.8, 4) is 0 Å². The Labute approximate surface area is 304 Å². The van der Waals surface area contributed by atoms with Crippen LogP contribution in [0.5, 0.6) is 0 Å². The molecule has 0 aliphatic heterocycles. The molecule has 0 aromatic heterocycles. The monoisotopic (exact) mass is 694 g/mol. The molecule has 0 saturated carbocycles. The average Bonchev–Trinajstić information content (AvgIpc) is 3.08. The molecule has 0 radical (unpaired) electrons. The maximum absolute atomic E-state index is 12.7. The van der Waals surface area contributed by atoms with Gasteiger partial charge in [0.05, 0.1) is 0 Å². The van der Waals surface area contributed by atoms with Gasteiger partial charge in [0.15, 0.2) is 0 Å². The molecule has 1 atom stereocenters. The Balaban J connectivity index is 4.13. The minimum atomic E-state index is -1.01. The van der Waals surface area contributed by atoms with Crippen molar-refractivity contribution >= 4 is 17.8 Å². The van der Waals surface area contributed by atoms with Gasteiger partial charge in [-0.2, -0.15) is 0 Å². The van der Waals surface area contributed by atoms with Gasteiger partial charge in [0.1, 0.15) is 12.6 Å². The second-order valence-electron chi connectivity index (χ2n) is 15.0. The first-order valence-corrected chi connectivity index (χ1v) is 21.7. The predicted octanol–water partition coefficient (Wildman–Crippen LogP) is 13.2. The second kappa shape index (κ2) is 39.2. The van der Waals surface area contributed by atoms with E-state index in [9.17, 15) is 14.4 Å². The van der Waals surface area contributed by atoms with Gasteiger partial charge >= 0.3 is 11.9 Å². The molecule has 6 heteroatoms. The van der Waals surface area contributed by atoms with Gasteiger partial charge in [-0.15, -0.1) is 0 Å². The van der Waals surface area contributed by atoms with Gasteiger partial charge in [-0.25, -0.2) is 0 Å². The third kappa shape index (κ3) is 39.1. The van der Waals surface area contributed by atoms with E-state index >= 15 is 0 Å². The lowest BCUT2D eigenvalue weighted by Crippen LogP contribution is -2.28. The summed E-state index contributed by atoms with van der Waals surface area (Å²) in [5.74, 6) is -1.21. The van der Waals surface area contributed by atoms with E-state index in [0.717, 1.165) is 64.2 Å². The summed E-state index contributed by atoms with van der Waals surface area (Å²) < 4.78 is 6.04. The van der Waals surface area contributed by atoms with Gasteiger partial charge in [0, 0.05) is 12.8 Å². The third-order valence-electron chi connectivity index (χ3n) is 10.0. The van der Waals surface area contributed by atoms with Crippen molar-refractivity contribution in [1.82, 2.24) is 5.32 Å². The van der Waals surface area contributed by atoms with E-state index < -0.39 is 5.97 Å². The summed E-state index contributed by atoms with van der Waals surface area (Å²) in [7, 11) is 0. The lowest BCUT2D eigenvalue weighted by Gasteiger charge is -2.18. The highest BCUT2D eigenvalue weighted by Crippen LogP contribution is 2.19. The Morgan fingerprint density at radius 2 is 0.755 bits per heavy atom. The fourth-order valence-corrected chi connectivity index (χ4v) is 6.81. The number of carbonyl (C=O) groups excluding carboxylic acids is 2. The number of hydrogen-bond acceptors (Lipinski definition) is 4. The quantitative estimate of drug-likeness (QED) is 0.0492. The van der Waals surface area contributed by atoms with E-state index in [1.54, 1.807) is 0 Å². The largest absolute Gasteiger partial charge is 0.480 e. The average molecular weight is 694 g/mol. The Morgan fingerprint density at radius 1 is 0.449 bits per heavy atom. The van der Waals surface area contributed by atoms with Crippen LogP contribution in [0.4, 0.5) is 0 Å². The van der Waals surface area contributed by atoms with E-state index in [1.165, 1.54) is 154 Å². The number of hydrogen-bond donors (Lipinski definition) is 2. The molecule has 6 nitrogen and oxygen atoms in total. The molecule has 290 valence electrons. The minimum Gasteiger partial charge on any atom is -0.480 e. The van der Waals surface area contributed by atoms with Gasteiger partial charge in [-0.05, 0) is 38.5 Å². The molecule has 0 spiro atoms. The van der Waals surface area contributed by atoms with Crippen molar-refractivity contribution in [2.75, 3.05) is 6.54 Å². The highest BCUT2D eigenvalue weighted by molar-refractivity contribution is 5.80. The number of aliphatic carboxylic acids is 1. The fourth-order valence-electron chi connectivity index (χ4n) is 6.81. The lowest BCUT2D eigenvalue weighted by atomic mass is 10.0. The van der Waals surface area contributed by atoms with Crippen LogP contribution in [0.15, 0.2) is 0 Å². The number of amides is 1. The van der Waals surface area contributed by atoms with Gasteiger partial charge in [0.2, 0.25) is 5.91 Å². The van der Waals surface area contributed by atoms with Gasteiger partial charge < -0.3 is 15.2 Å². The van der Waals surface area contributed by atoms with Crippen LogP contribution in [0.1, 0.15) is 245 Å². The molecule has 2 N–H and O–H groups in total. The first-order chi connectivity index (χ1) is 24.0. The van der Waals surface area contributed by atoms with E-state index in [4.69, 9.17) is 9.84 Å². The summed E-state index contributed by atoms with van der Waals surface area (Å²) in [6.45, 7) is 4.25. The van der Waals surface area contributed by atoms with Crippen LogP contribution in [-0.2, 0) is 19.1 Å². The number of carboxylic acids is 1. The molecular formula is C43H83NO5. The van der Waals surface area contributed by atoms with E-state index in [1.807, 2.05) is 0 Å². The number of unbranched alkanes of at least 4 members (excludes halogenated alkanes) is 29. The minimum absolute atomic E-state index is 0.00888. The topological polar surface area (TPSA) is 92.7 Å². The Bertz CT molecular complexity index is 727. The number of ether oxygens (including phenoxy) is 1. The Kier molecular flexibility index (Phi) is 37.9. The van der Waals surface area contributed by atoms with E-state index in [2.05, 4.69) is 19.2 Å². The van der Waals surface area contributed by atoms with Crippen molar-refractivity contribution in [2.45, 2.75) is 251 Å². The molecule has 0 aromatic rings. The standard InChI is InChI=1S/C43H83NO5/c1-3-5-7-9-11-13-15-17-18-19-20-22-24-27-31-35-40(36-32-28-26-29-33-37-41(45)44-39-42(46)47)49-43(48)38-34-30-25-23-21-16-14-12-10-8-6-4-2/h40H,3-39H2,1-2H3,(H,44,45)(H,46,47). The van der Waals surface area contributed by atoms with E-state index in [0.29, 0.717) is 12.8 Å². The summed E-state index contributed by atoms with van der Waals surface area (Å²) in [6, 6.07) is 0. The Morgan fingerprint density at radius 3 is 1.10 bits per heavy atom. The summed E-state index contributed by atoms with van der Waals surface area (Å²) >= 11 is 0. The highest BCUT2D eigenvalue weighted by Gasteiger charge is 2.14. The molecule has 0 aliphatic carbocycles. The molecule has 0 heterocycles. The number of rotatable bonds is 40. The molecule has 0 aliphatic rings. The molecule has 0 fully saturated rings. The van der Waals surface area contributed by atoms with Crippen molar-refractivity contribution in [2.24, 2.45) is 0 Å². The van der Waals surface area contributed by atoms with Crippen LogP contribution >= 0.6 is 0 Å². The zero-order valence-electron chi connectivity index (χ0n) is 32.8. The first kappa shape index (κ1) is 47.4. The maximum atomic E-state index is 12.7. The zero-order valence-corrected chi connectivity index (χ0v) is 32.8. The zero-order chi connectivity index (χ0) is 35.9. The number of esters is 1. The van der Waals surface area contributed by atoms with Crippen molar-refractivity contribution in [3.05, 3.63) is 0 Å². The number of nitrogens with one attached hydrogen (secondary N) is 1. The molecule has 1 unspecified atom stereocenters.